The maximum absolute atomic E-state index is 6.13. The molecule has 2 heterocycles. The summed E-state index contributed by atoms with van der Waals surface area (Å²) in [5.74, 6) is 2.39. The highest BCUT2D eigenvalue weighted by Crippen LogP contribution is 2.42. The van der Waals surface area contributed by atoms with Crippen LogP contribution in [-0.2, 0) is 6.42 Å². The highest BCUT2D eigenvalue weighted by Gasteiger charge is 2.33. The van der Waals surface area contributed by atoms with E-state index in [-0.39, 0.29) is 11.6 Å². The van der Waals surface area contributed by atoms with Crippen molar-refractivity contribution in [2.45, 2.75) is 45.8 Å². The summed E-state index contributed by atoms with van der Waals surface area (Å²) < 4.78 is 12.2. The highest BCUT2D eigenvalue weighted by atomic mass is 16.5. The third kappa shape index (κ3) is 2.10. The number of fused-ring (bicyclic) bond motifs is 3. The fourth-order valence-corrected chi connectivity index (χ4v) is 3.12. The first-order valence-corrected chi connectivity index (χ1v) is 7.33. The van der Waals surface area contributed by atoms with E-state index in [1.165, 1.54) is 5.56 Å². The summed E-state index contributed by atoms with van der Waals surface area (Å²) >= 11 is 0. The Morgan fingerprint density at radius 2 is 2.00 bits per heavy atom. The van der Waals surface area contributed by atoms with Crippen LogP contribution in [0, 0.1) is 5.92 Å². The van der Waals surface area contributed by atoms with Gasteiger partial charge >= 0.3 is 0 Å². The fraction of sp³-hybridized carbons (Fsp3) is 0.529. The minimum absolute atomic E-state index is 0.135. The maximum atomic E-state index is 6.13. The molecule has 1 unspecified atom stereocenters. The van der Waals surface area contributed by atoms with Crippen LogP contribution in [0.4, 0.5) is 0 Å². The van der Waals surface area contributed by atoms with Gasteiger partial charge in [0.25, 0.3) is 0 Å². The molecule has 1 aliphatic rings. The van der Waals surface area contributed by atoms with Crippen LogP contribution >= 0.6 is 0 Å². The summed E-state index contributed by atoms with van der Waals surface area (Å²) in [4.78, 5) is 0. The molecule has 0 spiro atoms. The lowest BCUT2D eigenvalue weighted by Gasteiger charge is -2.17. The molecule has 20 heavy (non-hydrogen) atoms. The van der Waals surface area contributed by atoms with E-state index in [9.17, 15) is 0 Å². The van der Waals surface area contributed by atoms with E-state index in [2.05, 4.69) is 51.2 Å². The van der Waals surface area contributed by atoms with E-state index >= 15 is 0 Å². The molecule has 0 fully saturated rings. The van der Waals surface area contributed by atoms with Gasteiger partial charge in [-0.25, -0.2) is 0 Å². The summed E-state index contributed by atoms with van der Waals surface area (Å²) in [5.41, 5.74) is 2.00. The van der Waals surface area contributed by atoms with E-state index in [0.717, 1.165) is 28.9 Å². The summed E-state index contributed by atoms with van der Waals surface area (Å²) in [6.07, 6.45) is 0.938. The van der Waals surface area contributed by atoms with Gasteiger partial charge in [-0.05, 0) is 32.9 Å². The average molecular weight is 273 g/mol. The molecule has 3 nitrogen and oxygen atoms in total. The Bertz CT molecular complexity index is 640. The van der Waals surface area contributed by atoms with E-state index in [0.29, 0.717) is 5.92 Å². The van der Waals surface area contributed by atoms with Crippen LogP contribution in [0.15, 0.2) is 22.6 Å². The van der Waals surface area contributed by atoms with Crippen molar-refractivity contribution in [1.82, 2.24) is 5.32 Å². The summed E-state index contributed by atoms with van der Waals surface area (Å²) in [7, 11) is 1.97. The van der Waals surface area contributed by atoms with Crippen molar-refractivity contribution in [3.05, 3.63) is 29.5 Å². The van der Waals surface area contributed by atoms with Gasteiger partial charge in [-0.2, -0.15) is 0 Å². The first-order chi connectivity index (χ1) is 9.41. The molecule has 3 heteroatoms. The van der Waals surface area contributed by atoms with Crippen molar-refractivity contribution < 1.29 is 9.15 Å². The summed E-state index contributed by atoms with van der Waals surface area (Å²) in [5, 5.41) is 4.45. The lowest BCUT2D eigenvalue weighted by Crippen LogP contribution is -2.24. The van der Waals surface area contributed by atoms with Crippen LogP contribution in [0.25, 0.3) is 11.0 Å². The molecule has 108 valence electrons. The first-order valence-electron chi connectivity index (χ1n) is 7.33. The van der Waals surface area contributed by atoms with E-state index < -0.39 is 0 Å². The molecule has 1 aromatic carbocycles. The first kappa shape index (κ1) is 13.5. The van der Waals surface area contributed by atoms with Crippen molar-refractivity contribution in [2.24, 2.45) is 5.92 Å². The zero-order valence-electron chi connectivity index (χ0n) is 12.9. The number of nitrogens with one attached hydrogen (secondary N) is 1. The highest BCUT2D eigenvalue weighted by molar-refractivity contribution is 5.86. The lowest BCUT2D eigenvalue weighted by molar-refractivity contribution is 0.138. The zero-order valence-corrected chi connectivity index (χ0v) is 12.9. The molecular formula is C17H23NO2. The minimum atomic E-state index is -0.135. The molecule has 0 radical (unpaired) electrons. The monoisotopic (exact) mass is 273 g/mol. The van der Waals surface area contributed by atoms with Crippen molar-refractivity contribution in [1.29, 1.82) is 0 Å². The van der Waals surface area contributed by atoms with Crippen molar-refractivity contribution in [3.63, 3.8) is 0 Å². The van der Waals surface area contributed by atoms with Gasteiger partial charge in [-0.3, -0.25) is 0 Å². The number of hydrogen-bond acceptors (Lipinski definition) is 3. The van der Waals surface area contributed by atoms with E-state index in [4.69, 9.17) is 9.15 Å². The molecule has 0 aliphatic carbocycles. The van der Waals surface area contributed by atoms with Crippen molar-refractivity contribution in [2.75, 3.05) is 7.05 Å². The Kier molecular flexibility index (Phi) is 3.05. The zero-order chi connectivity index (χ0) is 14.5. The van der Waals surface area contributed by atoms with Crippen LogP contribution in [0.5, 0.6) is 5.75 Å². The second-order valence-corrected chi connectivity index (χ2v) is 6.67. The molecule has 2 aromatic rings. The molecule has 0 saturated carbocycles. The SMILES string of the molecule is CNC(c1cc2ccc3c(c2o1)OC(C)(C)C3)C(C)C. The molecule has 1 aromatic heterocycles. The van der Waals surface area contributed by atoms with Gasteiger partial charge < -0.3 is 14.5 Å². The Labute approximate surface area is 120 Å². The Morgan fingerprint density at radius 1 is 1.25 bits per heavy atom. The maximum Gasteiger partial charge on any atom is 0.176 e. The predicted octanol–water partition coefficient (Wildman–Crippen LogP) is 4.06. The normalized spacial score (nSPS) is 18.3. The molecule has 0 amide bonds. The molecule has 1 atom stereocenters. The molecule has 3 rings (SSSR count). The largest absolute Gasteiger partial charge is 0.483 e. The standard InChI is InChI=1S/C17H23NO2/c1-10(2)14(18-5)13-8-11-6-7-12-9-17(3,4)20-16(12)15(11)19-13/h6-8,10,14,18H,9H2,1-5H3. The van der Waals surface area contributed by atoms with Gasteiger partial charge in [0, 0.05) is 17.4 Å². The molecule has 1 N–H and O–H groups in total. The number of furan rings is 1. The molecular weight excluding hydrogens is 250 g/mol. The second kappa shape index (κ2) is 4.52. The van der Waals surface area contributed by atoms with Crippen LogP contribution in [0.1, 0.15) is 45.1 Å². The minimum Gasteiger partial charge on any atom is -0.483 e. The topological polar surface area (TPSA) is 34.4 Å². The van der Waals surface area contributed by atoms with Crippen LogP contribution in [0.2, 0.25) is 0 Å². The number of rotatable bonds is 3. The van der Waals surface area contributed by atoms with Gasteiger partial charge in [0.05, 0.1) is 6.04 Å². The van der Waals surface area contributed by atoms with Crippen molar-refractivity contribution >= 4 is 11.0 Å². The third-order valence-corrected chi connectivity index (χ3v) is 4.02. The van der Waals surface area contributed by atoms with Crippen molar-refractivity contribution in [3.8, 4) is 5.75 Å². The number of hydrogen-bond donors (Lipinski definition) is 1. The van der Waals surface area contributed by atoms with Gasteiger partial charge in [0.2, 0.25) is 0 Å². The van der Waals surface area contributed by atoms with E-state index in [1.807, 2.05) is 7.05 Å². The molecule has 0 saturated heterocycles. The fourth-order valence-electron chi connectivity index (χ4n) is 3.12. The van der Waals surface area contributed by atoms with Gasteiger partial charge in [0.15, 0.2) is 11.3 Å². The Morgan fingerprint density at radius 3 is 2.65 bits per heavy atom. The summed E-state index contributed by atoms with van der Waals surface area (Å²) in [6, 6.07) is 6.66. The predicted molar refractivity (Wildman–Crippen MR) is 81.3 cm³/mol. The lowest BCUT2D eigenvalue weighted by atomic mass is 10.0. The van der Waals surface area contributed by atoms with Gasteiger partial charge in [0.1, 0.15) is 11.4 Å². The molecule has 1 aliphatic heterocycles. The Balaban J connectivity index is 2.10. The summed E-state index contributed by atoms with van der Waals surface area (Å²) in [6.45, 7) is 8.62. The number of ether oxygens (including phenoxy) is 1. The third-order valence-electron chi connectivity index (χ3n) is 4.02. The second-order valence-electron chi connectivity index (χ2n) is 6.67. The Hall–Kier alpha value is -1.48. The quantitative estimate of drug-likeness (QED) is 0.915. The van der Waals surface area contributed by atoms with Crippen LogP contribution in [-0.4, -0.2) is 12.6 Å². The van der Waals surface area contributed by atoms with Crippen LogP contribution < -0.4 is 10.1 Å². The van der Waals surface area contributed by atoms with Gasteiger partial charge in [-0.1, -0.05) is 26.0 Å². The van der Waals surface area contributed by atoms with Crippen LogP contribution in [0.3, 0.4) is 0 Å². The smallest absolute Gasteiger partial charge is 0.176 e. The average Bonchev–Trinajstić information content (AvgIpc) is 2.88. The number of benzene rings is 1. The van der Waals surface area contributed by atoms with E-state index in [1.54, 1.807) is 0 Å². The molecule has 0 bridgehead atoms. The van der Waals surface area contributed by atoms with Gasteiger partial charge in [-0.15, -0.1) is 0 Å².